The molecule has 1 rings (SSSR count). The van der Waals surface area contributed by atoms with Crippen LogP contribution in [0.25, 0.3) is 0 Å². The van der Waals surface area contributed by atoms with Gasteiger partial charge in [-0.25, -0.2) is 13.2 Å². The molecule has 0 saturated carbocycles. The predicted octanol–water partition coefficient (Wildman–Crippen LogP) is 2.85. The van der Waals surface area contributed by atoms with Crippen LogP contribution in [0.5, 0.6) is 5.75 Å². The van der Waals surface area contributed by atoms with Crippen molar-refractivity contribution < 1.29 is 103 Å². The minimum Gasteiger partial charge on any atom is -0.466 e. The van der Waals surface area contributed by atoms with Crippen molar-refractivity contribution in [2.75, 3.05) is 178 Å². The van der Waals surface area contributed by atoms with Crippen LogP contribution >= 0.6 is 0 Å². The standard InChI is InChI=1S/C38H61F5O17/c1-2-59-31(44)3-5-46-7-9-48-11-13-50-15-17-52-19-21-54-23-25-56-27-29-58-30-28-57-26-24-55-22-20-53-18-16-51-14-12-49-10-8-47-6-4-32(45)60-38-36(42)34(40)33(39)35(41)37(38)43/h2-30H2,1H3. The van der Waals surface area contributed by atoms with Gasteiger partial charge in [0.1, 0.15) is 0 Å². The second-order valence-corrected chi connectivity index (χ2v) is 11.6. The summed E-state index contributed by atoms with van der Waals surface area (Å²) in [6.07, 6.45) is -0.256. The Morgan fingerprint density at radius 3 is 0.750 bits per heavy atom. The highest BCUT2D eigenvalue weighted by molar-refractivity contribution is 5.72. The maximum Gasteiger partial charge on any atom is 0.313 e. The molecule has 0 spiro atoms. The highest BCUT2D eigenvalue weighted by Gasteiger charge is 2.28. The summed E-state index contributed by atoms with van der Waals surface area (Å²) in [4.78, 5) is 22.8. The van der Waals surface area contributed by atoms with Crippen molar-refractivity contribution in [3.8, 4) is 5.75 Å². The molecule has 0 bridgehead atoms. The first-order valence-electron chi connectivity index (χ1n) is 19.7. The van der Waals surface area contributed by atoms with Crippen molar-refractivity contribution in [2.24, 2.45) is 0 Å². The van der Waals surface area contributed by atoms with Crippen molar-refractivity contribution in [3.63, 3.8) is 0 Å². The summed E-state index contributed by atoms with van der Waals surface area (Å²) in [7, 11) is 0. The van der Waals surface area contributed by atoms with Crippen LogP contribution in [0, 0.1) is 29.1 Å². The van der Waals surface area contributed by atoms with Crippen molar-refractivity contribution in [2.45, 2.75) is 19.8 Å². The molecule has 0 unspecified atom stereocenters. The molecule has 0 aromatic heterocycles. The smallest absolute Gasteiger partial charge is 0.313 e. The molecule has 0 aliphatic carbocycles. The third kappa shape index (κ3) is 31.2. The zero-order valence-corrected chi connectivity index (χ0v) is 34.3. The molecule has 17 nitrogen and oxygen atoms in total. The van der Waals surface area contributed by atoms with Crippen molar-refractivity contribution in [3.05, 3.63) is 29.1 Å². The van der Waals surface area contributed by atoms with E-state index in [-0.39, 0.29) is 38.8 Å². The average Bonchev–Trinajstić information content (AvgIpc) is 3.24. The lowest BCUT2D eigenvalue weighted by Crippen LogP contribution is -2.16. The van der Waals surface area contributed by atoms with E-state index in [2.05, 4.69) is 4.74 Å². The molecule has 0 N–H and O–H groups in total. The molecule has 0 aliphatic rings. The van der Waals surface area contributed by atoms with Gasteiger partial charge in [-0.3, -0.25) is 9.59 Å². The Balaban J connectivity index is 1.69. The van der Waals surface area contributed by atoms with Gasteiger partial charge in [0.25, 0.3) is 0 Å². The fourth-order valence-corrected chi connectivity index (χ4v) is 4.12. The Hall–Kier alpha value is -2.71. The molecule has 0 atom stereocenters. The molecule has 22 heteroatoms. The summed E-state index contributed by atoms with van der Waals surface area (Å²) in [6.45, 7) is 11.6. The van der Waals surface area contributed by atoms with Gasteiger partial charge in [-0.15, -0.1) is 0 Å². The fraction of sp³-hybridized carbons (Fsp3) is 0.789. The number of ether oxygens (including phenoxy) is 15. The van der Waals surface area contributed by atoms with Crippen LogP contribution in [-0.4, -0.2) is 190 Å². The lowest BCUT2D eigenvalue weighted by Gasteiger charge is -2.09. The van der Waals surface area contributed by atoms with E-state index >= 15 is 0 Å². The normalized spacial score (nSPS) is 11.4. The van der Waals surface area contributed by atoms with Gasteiger partial charge in [0.2, 0.25) is 34.8 Å². The number of carbonyl (C=O) groups is 2. The number of rotatable bonds is 44. The van der Waals surface area contributed by atoms with Gasteiger partial charge < -0.3 is 71.1 Å². The molecule has 1 aromatic rings. The molecule has 0 amide bonds. The summed E-state index contributed by atoms with van der Waals surface area (Å²) in [5.74, 6) is -14.4. The van der Waals surface area contributed by atoms with Crippen LogP contribution in [0.2, 0.25) is 0 Å². The van der Waals surface area contributed by atoms with Gasteiger partial charge >= 0.3 is 11.9 Å². The van der Waals surface area contributed by atoms with Crippen molar-refractivity contribution >= 4 is 11.9 Å². The van der Waals surface area contributed by atoms with E-state index in [1.807, 2.05) is 0 Å². The average molecular weight is 885 g/mol. The summed E-state index contributed by atoms with van der Waals surface area (Å²) < 4.78 is 146. The molecular weight excluding hydrogens is 823 g/mol. The molecule has 0 heterocycles. The van der Waals surface area contributed by atoms with Gasteiger partial charge in [-0.05, 0) is 6.92 Å². The Labute approximate surface area is 347 Å². The Bertz CT molecular complexity index is 1180. The highest BCUT2D eigenvalue weighted by Crippen LogP contribution is 2.29. The number of carbonyl (C=O) groups excluding carboxylic acids is 2. The number of hydrogen-bond donors (Lipinski definition) is 0. The second-order valence-electron chi connectivity index (χ2n) is 11.6. The lowest BCUT2D eigenvalue weighted by atomic mass is 10.2. The number of esters is 2. The quantitative estimate of drug-likeness (QED) is 0.0234. The second kappa shape index (κ2) is 40.4. The molecule has 0 fully saturated rings. The topological polar surface area (TPSA) is 173 Å². The third-order valence-corrected chi connectivity index (χ3v) is 7.06. The Morgan fingerprint density at radius 2 is 0.517 bits per heavy atom. The van der Waals surface area contributed by atoms with Gasteiger partial charge in [0, 0.05) is 0 Å². The molecular formula is C38H61F5O17. The molecule has 0 saturated heterocycles. The highest BCUT2D eigenvalue weighted by atomic mass is 19.2. The first kappa shape index (κ1) is 55.3. The SMILES string of the molecule is CCOC(=O)CCOCCOCCOCCOCCOCCOCCOCCOCCOCCOCCOCCOCCOCCC(=O)Oc1c(F)c(F)c(F)c(F)c1F. The Kier molecular flexibility index (Phi) is 37.2. The first-order chi connectivity index (χ1) is 29.3. The van der Waals surface area contributed by atoms with E-state index in [0.717, 1.165) is 0 Å². The maximum atomic E-state index is 13.6. The van der Waals surface area contributed by atoms with Crippen molar-refractivity contribution in [1.29, 1.82) is 0 Å². The Morgan fingerprint density at radius 1 is 0.317 bits per heavy atom. The zero-order chi connectivity index (χ0) is 43.7. The van der Waals surface area contributed by atoms with E-state index in [0.29, 0.717) is 152 Å². The summed E-state index contributed by atoms with van der Waals surface area (Å²) in [5, 5.41) is 0. The minimum atomic E-state index is -2.35. The van der Waals surface area contributed by atoms with Crippen LogP contribution in [0.15, 0.2) is 0 Å². The van der Waals surface area contributed by atoms with Crippen LogP contribution in [-0.2, 0) is 75.9 Å². The van der Waals surface area contributed by atoms with Crippen LogP contribution < -0.4 is 4.74 Å². The monoisotopic (exact) mass is 884 g/mol. The summed E-state index contributed by atoms with van der Waals surface area (Å²) >= 11 is 0. The minimum absolute atomic E-state index is 0.0735. The van der Waals surface area contributed by atoms with Crippen LogP contribution in [0.1, 0.15) is 19.8 Å². The maximum absolute atomic E-state index is 13.6. The zero-order valence-electron chi connectivity index (χ0n) is 34.3. The lowest BCUT2D eigenvalue weighted by molar-refractivity contribution is -0.144. The summed E-state index contributed by atoms with van der Waals surface area (Å²) in [5.41, 5.74) is 0. The molecule has 60 heavy (non-hydrogen) atoms. The fourth-order valence-electron chi connectivity index (χ4n) is 4.12. The van der Waals surface area contributed by atoms with Crippen LogP contribution in [0.4, 0.5) is 22.0 Å². The van der Waals surface area contributed by atoms with Gasteiger partial charge in [0.15, 0.2) is 0 Å². The van der Waals surface area contributed by atoms with E-state index in [1.54, 1.807) is 6.92 Å². The van der Waals surface area contributed by atoms with Gasteiger partial charge in [-0.1, -0.05) is 0 Å². The first-order valence-corrected chi connectivity index (χ1v) is 19.7. The van der Waals surface area contributed by atoms with E-state index in [1.165, 1.54) is 0 Å². The van der Waals surface area contributed by atoms with E-state index in [4.69, 9.17) is 66.3 Å². The third-order valence-electron chi connectivity index (χ3n) is 7.06. The van der Waals surface area contributed by atoms with Crippen LogP contribution in [0.3, 0.4) is 0 Å². The van der Waals surface area contributed by atoms with Gasteiger partial charge in [0.05, 0.1) is 191 Å². The largest absolute Gasteiger partial charge is 0.466 e. The molecule has 1 aromatic carbocycles. The number of hydrogen-bond acceptors (Lipinski definition) is 17. The van der Waals surface area contributed by atoms with Gasteiger partial charge in [-0.2, -0.15) is 8.78 Å². The molecule has 350 valence electrons. The van der Waals surface area contributed by atoms with E-state index in [9.17, 15) is 31.5 Å². The van der Waals surface area contributed by atoms with E-state index < -0.39 is 47.2 Å². The summed E-state index contributed by atoms with van der Waals surface area (Å²) in [6, 6.07) is 0. The molecule has 0 radical (unpaired) electrons. The van der Waals surface area contributed by atoms with Crippen molar-refractivity contribution in [1.82, 2.24) is 0 Å². The number of benzene rings is 1. The molecule has 0 aliphatic heterocycles. The predicted molar refractivity (Wildman–Crippen MR) is 198 cm³/mol. The number of halogens is 5.